The number of hydrogen-bond acceptors (Lipinski definition) is 4. The molecule has 3 amide bonds. The number of carboxylic acid groups (broad SMARTS) is 1. The number of hydrogen-bond donors (Lipinski definition) is 2. The molecule has 1 aliphatic carbocycles. The third kappa shape index (κ3) is 4.08. The van der Waals surface area contributed by atoms with Gasteiger partial charge in [-0.3, -0.25) is 19.3 Å². The normalized spacial score (nSPS) is 21.5. The van der Waals surface area contributed by atoms with Gasteiger partial charge in [-0.15, -0.1) is 0 Å². The number of carboxylic acids is 1. The number of carbonyl (C=O) groups is 4. The zero-order valence-corrected chi connectivity index (χ0v) is 17.0. The van der Waals surface area contributed by atoms with Gasteiger partial charge in [0.2, 0.25) is 5.91 Å². The van der Waals surface area contributed by atoms with E-state index < -0.39 is 17.9 Å². The molecule has 0 spiro atoms. The standard InChI is InChI=1S/C24H24N2O5/c27-21(25-20(24(30)31)15-8-2-1-3-9-15)17-11-5-4-10-16(17)14-26-22(28)18-12-6-7-13-19(18)23(26)29/h1-3,6-9,12-13,16-17,20H,4-5,10-11,14H2,(H,25,27)(H,30,31). The Morgan fingerprint density at radius 3 is 2.13 bits per heavy atom. The smallest absolute Gasteiger partial charge is 0.330 e. The van der Waals surface area contributed by atoms with Gasteiger partial charge in [0.15, 0.2) is 6.04 Å². The van der Waals surface area contributed by atoms with E-state index in [2.05, 4.69) is 5.32 Å². The second-order valence-corrected chi connectivity index (χ2v) is 8.11. The van der Waals surface area contributed by atoms with E-state index in [1.54, 1.807) is 54.6 Å². The predicted octanol–water partition coefficient (Wildman–Crippen LogP) is 3.03. The van der Waals surface area contributed by atoms with Crippen molar-refractivity contribution in [1.29, 1.82) is 0 Å². The molecule has 1 fully saturated rings. The molecule has 7 nitrogen and oxygen atoms in total. The Morgan fingerprint density at radius 1 is 0.935 bits per heavy atom. The zero-order chi connectivity index (χ0) is 22.0. The van der Waals surface area contributed by atoms with E-state index in [1.165, 1.54) is 4.90 Å². The number of carbonyl (C=O) groups excluding carboxylic acids is 3. The van der Waals surface area contributed by atoms with Crippen LogP contribution < -0.4 is 5.32 Å². The van der Waals surface area contributed by atoms with Gasteiger partial charge in [0.25, 0.3) is 11.8 Å². The van der Waals surface area contributed by atoms with Crippen LogP contribution in [0.15, 0.2) is 54.6 Å². The Hall–Kier alpha value is -3.48. The van der Waals surface area contributed by atoms with Gasteiger partial charge in [-0.25, -0.2) is 4.79 Å². The molecule has 31 heavy (non-hydrogen) atoms. The molecular weight excluding hydrogens is 396 g/mol. The van der Waals surface area contributed by atoms with Gasteiger partial charge in [0.05, 0.1) is 11.1 Å². The summed E-state index contributed by atoms with van der Waals surface area (Å²) in [6.07, 6.45) is 3.05. The molecular formula is C24H24N2O5. The number of amides is 3. The quantitative estimate of drug-likeness (QED) is 0.699. The summed E-state index contributed by atoms with van der Waals surface area (Å²) in [6, 6.07) is 14.1. The van der Waals surface area contributed by atoms with Gasteiger partial charge in [0.1, 0.15) is 0 Å². The highest BCUT2D eigenvalue weighted by atomic mass is 16.4. The molecule has 2 aromatic rings. The van der Waals surface area contributed by atoms with Gasteiger partial charge in [-0.2, -0.15) is 0 Å². The lowest BCUT2D eigenvalue weighted by molar-refractivity contribution is -0.143. The topological polar surface area (TPSA) is 104 Å². The number of rotatable bonds is 6. The Kier molecular flexibility index (Phi) is 5.84. The first-order valence-electron chi connectivity index (χ1n) is 10.5. The average molecular weight is 420 g/mol. The lowest BCUT2D eigenvalue weighted by atomic mass is 9.78. The van der Waals surface area contributed by atoms with Crippen LogP contribution in [0.5, 0.6) is 0 Å². The van der Waals surface area contributed by atoms with Crippen LogP contribution in [0.25, 0.3) is 0 Å². The first kappa shape index (κ1) is 20.8. The fraction of sp³-hybridized carbons (Fsp3) is 0.333. The summed E-state index contributed by atoms with van der Waals surface area (Å²) in [7, 11) is 0. The Morgan fingerprint density at radius 2 is 1.52 bits per heavy atom. The molecule has 0 bridgehead atoms. The van der Waals surface area contributed by atoms with Crippen LogP contribution in [-0.4, -0.2) is 40.2 Å². The molecule has 1 saturated carbocycles. The summed E-state index contributed by atoms with van der Waals surface area (Å²) in [5.74, 6) is -2.81. The number of fused-ring (bicyclic) bond motifs is 1. The lowest BCUT2D eigenvalue weighted by Gasteiger charge is -2.33. The molecule has 1 aliphatic heterocycles. The average Bonchev–Trinajstić information content (AvgIpc) is 3.03. The molecule has 2 aliphatic rings. The van der Waals surface area contributed by atoms with E-state index in [0.29, 0.717) is 29.5 Å². The van der Waals surface area contributed by atoms with Crippen molar-refractivity contribution >= 4 is 23.7 Å². The number of benzene rings is 2. The molecule has 3 unspecified atom stereocenters. The number of aliphatic carboxylic acids is 1. The van der Waals surface area contributed by atoms with Gasteiger partial charge in [-0.05, 0) is 36.5 Å². The Labute approximate surface area is 180 Å². The molecule has 160 valence electrons. The number of nitrogens with one attached hydrogen (secondary N) is 1. The molecule has 2 aromatic carbocycles. The van der Waals surface area contributed by atoms with E-state index in [0.717, 1.165) is 12.8 Å². The monoisotopic (exact) mass is 420 g/mol. The summed E-state index contributed by atoms with van der Waals surface area (Å²) >= 11 is 0. The highest BCUT2D eigenvalue weighted by Gasteiger charge is 2.40. The molecule has 7 heteroatoms. The molecule has 0 saturated heterocycles. The Bertz CT molecular complexity index is 985. The van der Waals surface area contributed by atoms with E-state index in [9.17, 15) is 24.3 Å². The van der Waals surface area contributed by atoms with Crippen molar-refractivity contribution in [2.75, 3.05) is 6.54 Å². The molecule has 4 rings (SSSR count). The third-order valence-electron chi connectivity index (χ3n) is 6.21. The highest BCUT2D eigenvalue weighted by molar-refractivity contribution is 6.21. The molecule has 0 aromatic heterocycles. The van der Waals surface area contributed by atoms with Crippen molar-refractivity contribution in [3.8, 4) is 0 Å². The minimum absolute atomic E-state index is 0.160. The van der Waals surface area contributed by atoms with E-state index in [4.69, 9.17) is 0 Å². The van der Waals surface area contributed by atoms with Crippen molar-refractivity contribution in [1.82, 2.24) is 10.2 Å². The maximum atomic E-state index is 13.1. The second-order valence-electron chi connectivity index (χ2n) is 8.11. The highest BCUT2D eigenvalue weighted by Crippen LogP contribution is 2.34. The van der Waals surface area contributed by atoms with Crippen LogP contribution in [0.4, 0.5) is 0 Å². The molecule has 3 atom stereocenters. The molecule has 1 heterocycles. The first-order chi connectivity index (χ1) is 15.0. The van der Waals surface area contributed by atoms with Gasteiger partial charge in [0, 0.05) is 12.5 Å². The second kappa shape index (κ2) is 8.71. The van der Waals surface area contributed by atoms with Crippen LogP contribution in [0.2, 0.25) is 0 Å². The van der Waals surface area contributed by atoms with Gasteiger partial charge in [-0.1, -0.05) is 55.3 Å². The van der Waals surface area contributed by atoms with Crippen molar-refractivity contribution in [2.24, 2.45) is 11.8 Å². The van der Waals surface area contributed by atoms with Crippen molar-refractivity contribution in [3.63, 3.8) is 0 Å². The van der Waals surface area contributed by atoms with Crippen molar-refractivity contribution in [3.05, 3.63) is 71.3 Å². The van der Waals surface area contributed by atoms with E-state index in [1.807, 2.05) is 0 Å². The minimum Gasteiger partial charge on any atom is -0.479 e. The summed E-state index contributed by atoms with van der Waals surface area (Å²) < 4.78 is 0. The van der Waals surface area contributed by atoms with E-state index in [-0.39, 0.29) is 30.2 Å². The van der Waals surface area contributed by atoms with Crippen LogP contribution in [-0.2, 0) is 9.59 Å². The van der Waals surface area contributed by atoms with Crippen LogP contribution in [0.3, 0.4) is 0 Å². The SMILES string of the molecule is O=C(O)C(NC(=O)C1CCCCC1CN1C(=O)c2ccccc2C1=O)c1ccccc1. The fourth-order valence-corrected chi connectivity index (χ4v) is 4.59. The summed E-state index contributed by atoms with van der Waals surface area (Å²) in [4.78, 5) is 51.6. The third-order valence-corrected chi connectivity index (χ3v) is 6.21. The molecule has 0 radical (unpaired) electrons. The van der Waals surface area contributed by atoms with Crippen molar-refractivity contribution in [2.45, 2.75) is 31.7 Å². The van der Waals surface area contributed by atoms with Crippen molar-refractivity contribution < 1.29 is 24.3 Å². The predicted molar refractivity (Wildman–Crippen MR) is 112 cm³/mol. The first-order valence-corrected chi connectivity index (χ1v) is 10.5. The number of imide groups is 1. The maximum absolute atomic E-state index is 13.1. The maximum Gasteiger partial charge on any atom is 0.330 e. The van der Waals surface area contributed by atoms with Crippen LogP contribution in [0, 0.1) is 11.8 Å². The minimum atomic E-state index is -1.14. The van der Waals surface area contributed by atoms with Crippen LogP contribution in [0.1, 0.15) is 58.0 Å². The fourth-order valence-electron chi connectivity index (χ4n) is 4.59. The Balaban J connectivity index is 1.50. The molecule has 2 N–H and O–H groups in total. The van der Waals surface area contributed by atoms with Gasteiger partial charge >= 0.3 is 5.97 Å². The summed E-state index contributed by atoms with van der Waals surface area (Å²) in [5.41, 5.74) is 1.27. The van der Waals surface area contributed by atoms with Gasteiger partial charge < -0.3 is 10.4 Å². The number of nitrogens with zero attached hydrogens (tertiary/aromatic N) is 1. The van der Waals surface area contributed by atoms with Crippen LogP contribution >= 0.6 is 0 Å². The summed E-state index contributed by atoms with van der Waals surface area (Å²) in [6.45, 7) is 0.160. The largest absolute Gasteiger partial charge is 0.479 e. The lowest BCUT2D eigenvalue weighted by Crippen LogP contribution is -2.45. The zero-order valence-electron chi connectivity index (χ0n) is 17.0. The summed E-state index contributed by atoms with van der Waals surface area (Å²) in [5, 5.41) is 12.3. The van der Waals surface area contributed by atoms with E-state index >= 15 is 0 Å².